The molecule has 0 spiro atoms. The number of amides is 1. The molecule has 1 amide bonds. The summed E-state index contributed by atoms with van der Waals surface area (Å²) in [5, 5.41) is 2.70. The Bertz CT molecular complexity index is 2280. The van der Waals surface area contributed by atoms with Crippen LogP contribution in [0.25, 0.3) is 0 Å². The minimum atomic E-state index is -1.36. The number of unbranched alkanes of at least 4 members (excludes halogenated alkanes) is 11. The predicted molar refractivity (Wildman–Crippen MR) is 252 cm³/mol. The summed E-state index contributed by atoms with van der Waals surface area (Å²) in [6.07, 6.45) is 19.9. The molecule has 0 saturated carbocycles. The maximum atomic E-state index is 15.9. The third-order valence-corrected chi connectivity index (χ3v) is 9.30. The van der Waals surface area contributed by atoms with Crippen molar-refractivity contribution in [2.45, 2.75) is 128 Å². The van der Waals surface area contributed by atoms with E-state index in [9.17, 15) is 4.79 Å². The second-order valence-electron chi connectivity index (χ2n) is 13.7. The van der Waals surface area contributed by atoms with Gasteiger partial charge in [0.25, 0.3) is 5.91 Å². The molecule has 1 aliphatic heterocycles. The summed E-state index contributed by atoms with van der Waals surface area (Å²) in [4.78, 5) is 12.9. The van der Waals surface area contributed by atoms with E-state index >= 15 is 4.39 Å². The molecule has 0 radical (unpaired) electrons. The Balaban J connectivity index is 2.84. The van der Waals surface area contributed by atoms with Gasteiger partial charge in [0.05, 0.1) is 18.8 Å². The smallest absolute Gasteiger partial charge is 0.297 e. The van der Waals surface area contributed by atoms with E-state index in [-0.39, 0.29) is 36.9 Å². The molecule has 0 bridgehead atoms. The van der Waals surface area contributed by atoms with Gasteiger partial charge in [-0.1, -0.05) is 114 Å². The third kappa shape index (κ3) is 26.2. The van der Waals surface area contributed by atoms with Gasteiger partial charge in [-0.2, -0.15) is 0 Å². The van der Waals surface area contributed by atoms with Crippen LogP contribution in [0.2, 0.25) is 0 Å². The lowest BCUT2D eigenvalue weighted by Crippen LogP contribution is -2.50. The maximum Gasteiger partial charge on any atom is 0.297 e. The van der Waals surface area contributed by atoms with Crippen LogP contribution in [0, 0.1) is 160 Å². The zero-order chi connectivity index (χ0) is 45.1. The number of hydrogen-bond donors (Lipinski definition) is 1. The number of hydrogen-bond acceptors (Lipinski definition) is 3. The van der Waals surface area contributed by atoms with Crippen LogP contribution >= 0.6 is 0 Å². The average Bonchev–Trinajstić information content (AvgIpc) is 3.28. The predicted octanol–water partition coefficient (Wildman–Crippen LogP) is 8.69. The molecular weight excluding hydrogens is 766 g/mol. The fourth-order valence-corrected chi connectivity index (χ4v) is 6.25. The summed E-state index contributed by atoms with van der Waals surface area (Å²) < 4.78 is 28.4. The number of halogens is 1. The van der Waals surface area contributed by atoms with Gasteiger partial charge < -0.3 is 14.8 Å². The van der Waals surface area contributed by atoms with Gasteiger partial charge in [0.2, 0.25) is 0 Å². The summed E-state index contributed by atoms with van der Waals surface area (Å²) >= 11 is 0. The summed E-state index contributed by atoms with van der Waals surface area (Å²) in [6, 6.07) is -0.964. The van der Waals surface area contributed by atoms with Crippen molar-refractivity contribution >= 4 is 5.91 Å². The van der Waals surface area contributed by atoms with Gasteiger partial charge in [-0.3, -0.25) is 4.79 Å². The fourth-order valence-electron chi connectivity index (χ4n) is 6.25. The number of alkyl halides is 1. The van der Waals surface area contributed by atoms with E-state index in [4.69, 9.17) is 9.47 Å². The molecule has 7 atom stereocenters. The van der Waals surface area contributed by atoms with Crippen LogP contribution in [-0.2, 0) is 14.3 Å². The lowest BCUT2D eigenvalue weighted by atomic mass is 9.75. The Morgan fingerprint density at radius 2 is 1.00 bits per heavy atom. The highest BCUT2D eigenvalue weighted by Crippen LogP contribution is 2.39. The molecule has 314 valence electrons. The Morgan fingerprint density at radius 3 is 1.40 bits per heavy atom. The lowest BCUT2D eigenvalue weighted by molar-refractivity contribution is -0.236. The first-order valence-corrected chi connectivity index (χ1v) is 21.1. The van der Waals surface area contributed by atoms with Crippen molar-refractivity contribution in [3.63, 3.8) is 0 Å². The van der Waals surface area contributed by atoms with E-state index in [1.807, 2.05) is 12.2 Å². The second kappa shape index (κ2) is 38.2. The van der Waals surface area contributed by atoms with Crippen molar-refractivity contribution in [2.24, 2.45) is 17.8 Å². The summed E-state index contributed by atoms with van der Waals surface area (Å²) in [6.45, 7) is 19.7. The monoisotopic (exact) mass is 821 g/mol. The number of allylic oxidation sites excluding steroid dienone is 1. The molecule has 2 unspecified atom stereocenters. The first kappa shape index (κ1) is 53.0. The summed E-state index contributed by atoms with van der Waals surface area (Å²) in [7, 11) is 0. The van der Waals surface area contributed by atoms with Crippen molar-refractivity contribution in [2.75, 3.05) is 6.61 Å². The molecule has 5 heteroatoms. The van der Waals surface area contributed by atoms with Crippen molar-refractivity contribution in [1.82, 2.24) is 5.32 Å². The Kier molecular flexibility index (Phi) is 32.7. The lowest BCUT2D eigenvalue weighted by Gasteiger charge is -2.44. The zero-order valence-electron chi connectivity index (χ0n) is 36.4. The van der Waals surface area contributed by atoms with Crippen molar-refractivity contribution in [3.8, 4) is 142 Å². The second-order valence-corrected chi connectivity index (χ2v) is 13.7. The Hall–Kier alpha value is -7.00. The van der Waals surface area contributed by atoms with Crippen molar-refractivity contribution in [3.05, 3.63) is 50.6 Å². The number of nitrogens with one attached hydrogen (secondary N) is 1. The molecule has 1 saturated heterocycles. The van der Waals surface area contributed by atoms with Gasteiger partial charge >= 0.3 is 0 Å². The van der Waals surface area contributed by atoms with Crippen LogP contribution in [0.15, 0.2) is 50.6 Å². The van der Waals surface area contributed by atoms with E-state index in [0.717, 1.165) is 19.3 Å². The molecule has 1 aliphatic rings. The Morgan fingerprint density at radius 1 is 0.597 bits per heavy atom. The maximum absolute atomic E-state index is 15.9. The van der Waals surface area contributed by atoms with Crippen LogP contribution in [-0.4, -0.2) is 37.1 Å². The molecule has 1 heterocycles. The zero-order valence-corrected chi connectivity index (χ0v) is 36.4. The molecule has 0 aromatic heterocycles. The van der Waals surface area contributed by atoms with E-state index in [1.165, 1.54) is 51.4 Å². The first-order valence-electron chi connectivity index (χ1n) is 21.1. The van der Waals surface area contributed by atoms with E-state index < -0.39 is 24.4 Å². The number of rotatable bonds is 23. The van der Waals surface area contributed by atoms with Gasteiger partial charge in [-0.25, -0.2) is 4.39 Å². The molecule has 1 N–H and O–H groups in total. The van der Waals surface area contributed by atoms with E-state index in [1.54, 1.807) is 19.1 Å². The molecule has 0 aromatic rings. The molecule has 62 heavy (non-hydrogen) atoms. The highest BCUT2D eigenvalue weighted by Gasteiger charge is 2.42. The number of carbonyl (C=O) groups excluding carboxylic acids is 1. The van der Waals surface area contributed by atoms with Gasteiger partial charge in [-0.15, -0.1) is 26.3 Å². The summed E-state index contributed by atoms with van der Waals surface area (Å²) in [5.74, 6) is 59.4. The number of carbonyl (C=O) groups is 1. The van der Waals surface area contributed by atoms with Crippen LogP contribution in [0.5, 0.6) is 0 Å². The molecule has 1 rings (SSSR count). The highest BCUT2D eigenvalue weighted by molar-refractivity contribution is 5.94. The topological polar surface area (TPSA) is 47.6 Å². The van der Waals surface area contributed by atoms with Crippen LogP contribution in [0.4, 0.5) is 4.39 Å². The van der Waals surface area contributed by atoms with Gasteiger partial charge in [-0.05, 0) is 120 Å². The van der Waals surface area contributed by atoms with Crippen LogP contribution in [0.1, 0.15) is 104 Å². The molecule has 0 aliphatic carbocycles. The number of ether oxygens (including phenoxy) is 2. The van der Waals surface area contributed by atoms with Gasteiger partial charge in [0.1, 0.15) is 6.17 Å². The molecular formula is C57H56FNO3. The van der Waals surface area contributed by atoms with E-state index in [2.05, 4.69) is 181 Å². The van der Waals surface area contributed by atoms with Crippen molar-refractivity contribution < 1.29 is 18.7 Å². The first-order chi connectivity index (χ1) is 30.5. The highest BCUT2D eigenvalue weighted by atomic mass is 19.1. The van der Waals surface area contributed by atoms with Gasteiger partial charge in [0.15, 0.2) is 6.29 Å². The van der Waals surface area contributed by atoms with Crippen molar-refractivity contribution in [1.29, 1.82) is 0 Å². The largest absolute Gasteiger partial charge is 0.350 e. The van der Waals surface area contributed by atoms with Gasteiger partial charge in [0, 0.05) is 53.3 Å². The Labute approximate surface area is 374 Å². The quantitative estimate of drug-likeness (QED) is 0.0638. The minimum Gasteiger partial charge on any atom is -0.350 e. The minimum absolute atomic E-state index is 0.0270. The molecule has 1 fully saturated rings. The third-order valence-electron chi connectivity index (χ3n) is 9.30. The average molecular weight is 822 g/mol. The normalized spacial score (nSPS) is 16.7. The standard InChI is InChI=1S/C57H56FNO3/c1-7-13-15-17-19-21-23-25-26-27-28-29-30-31-32-33-34-35-37-39-41-43-45-48-56(60)59-54(53(58)47-44-42-40-38-36-24-22-20-18-16-14-8-2)49-61-57-52(12-6)50(10-4)51(11-5)55(62-57)46-9-3/h9-12,50-55,57H,3-6,8,14,16,18,20,22,24,36,38,40,42,44,46-47,49H2,1-2H3,(H,59,60)/t50?,51-,52+,53-,54+,55?,57+/m1/s1. The summed E-state index contributed by atoms with van der Waals surface area (Å²) in [5.41, 5.74) is 0. The molecule has 0 aromatic carbocycles. The van der Waals surface area contributed by atoms with E-state index in [0.29, 0.717) is 12.8 Å². The van der Waals surface area contributed by atoms with Crippen LogP contribution in [0.3, 0.4) is 0 Å². The fraction of sp³-hybridized carbons (Fsp3) is 0.421. The SMILES string of the molecule is C=CCC1O[C@H](OC[C@H](NC(=O)C#CC#CC#CC#CC#CC#CC#CC#CC#CC#CC#CC#CC)[C@H](F)CCCCCCCCCCCCCC)[C@@H](C=C)C(C=C)[C@H]1C=C. The van der Waals surface area contributed by atoms with Crippen LogP contribution < -0.4 is 5.32 Å². The molecule has 4 nitrogen and oxygen atoms in total.